The molecule has 0 amide bonds. The van der Waals surface area contributed by atoms with Crippen molar-refractivity contribution >= 4 is 10.5 Å². The zero-order chi connectivity index (χ0) is 9.40. The van der Waals surface area contributed by atoms with E-state index in [0.29, 0.717) is 11.8 Å². The molecule has 0 aliphatic heterocycles. The van der Waals surface area contributed by atoms with Crippen molar-refractivity contribution in [3.63, 3.8) is 0 Å². The number of rotatable bonds is 7. The van der Waals surface area contributed by atoms with Gasteiger partial charge >= 0.3 is 0 Å². The monoisotopic (exact) mass is 190 g/mol. The molecule has 0 heterocycles. The van der Waals surface area contributed by atoms with Crippen LogP contribution in [-0.2, 0) is 4.43 Å². The molecule has 0 saturated heterocycles. The van der Waals surface area contributed by atoms with Gasteiger partial charge in [-0.15, -0.1) is 0 Å². The van der Waals surface area contributed by atoms with E-state index in [1.165, 1.54) is 0 Å². The van der Waals surface area contributed by atoms with Gasteiger partial charge in [-0.1, -0.05) is 13.8 Å². The molecule has 0 spiro atoms. The van der Waals surface area contributed by atoms with Gasteiger partial charge in [0.1, 0.15) is 10.5 Å². The molecule has 4 heteroatoms. The summed E-state index contributed by atoms with van der Waals surface area (Å²) in [5, 5.41) is 3.30. The normalized spacial score (nSPS) is 16.2. The standard InChI is InChI=1S/C8H22N2OSi/c1-7(5-10-4-3-9)8(2)6-11-12/h7-8,10H,3-6,9H2,1-2,12H3. The first kappa shape index (κ1) is 12.1. The summed E-state index contributed by atoms with van der Waals surface area (Å²) in [6, 6.07) is 0. The smallest absolute Gasteiger partial charge is 0.145 e. The van der Waals surface area contributed by atoms with E-state index in [9.17, 15) is 0 Å². The Hall–Kier alpha value is 0.0969. The second kappa shape index (κ2) is 7.73. The zero-order valence-corrected chi connectivity index (χ0v) is 10.5. The molecule has 3 N–H and O–H groups in total. The Morgan fingerprint density at radius 3 is 2.58 bits per heavy atom. The Morgan fingerprint density at radius 1 is 1.42 bits per heavy atom. The molecule has 0 radical (unpaired) electrons. The highest BCUT2D eigenvalue weighted by molar-refractivity contribution is 5.97. The lowest BCUT2D eigenvalue weighted by molar-refractivity contribution is 0.227. The van der Waals surface area contributed by atoms with E-state index < -0.39 is 0 Å². The summed E-state index contributed by atoms with van der Waals surface area (Å²) in [5.74, 6) is 1.32. The molecule has 2 atom stereocenters. The minimum Gasteiger partial charge on any atom is -0.428 e. The largest absolute Gasteiger partial charge is 0.428 e. The predicted octanol–water partition coefficient (Wildman–Crippen LogP) is -0.896. The van der Waals surface area contributed by atoms with Crippen LogP contribution in [0.4, 0.5) is 0 Å². The lowest BCUT2D eigenvalue weighted by Crippen LogP contribution is -2.30. The van der Waals surface area contributed by atoms with Crippen molar-refractivity contribution in [1.29, 1.82) is 0 Å². The molecule has 12 heavy (non-hydrogen) atoms. The molecule has 0 bridgehead atoms. The van der Waals surface area contributed by atoms with Crippen LogP contribution >= 0.6 is 0 Å². The van der Waals surface area contributed by atoms with E-state index in [-0.39, 0.29) is 0 Å². The lowest BCUT2D eigenvalue weighted by atomic mass is 9.97. The van der Waals surface area contributed by atoms with Gasteiger partial charge in [0.25, 0.3) is 0 Å². The highest BCUT2D eigenvalue weighted by Gasteiger charge is 2.10. The second-order valence-electron chi connectivity index (χ2n) is 3.40. The van der Waals surface area contributed by atoms with Crippen LogP contribution in [0.5, 0.6) is 0 Å². The summed E-state index contributed by atoms with van der Waals surface area (Å²) in [7, 11) is 0.848. The fourth-order valence-electron chi connectivity index (χ4n) is 1.06. The Bertz CT molecular complexity index is 103. The highest BCUT2D eigenvalue weighted by atomic mass is 28.2. The Morgan fingerprint density at radius 2 is 2.08 bits per heavy atom. The predicted molar refractivity (Wildman–Crippen MR) is 56.1 cm³/mol. The molecular formula is C8H22N2OSi. The minimum atomic E-state index is 0.646. The molecule has 0 aromatic carbocycles. The van der Waals surface area contributed by atoms with Crippen molar-refractivity contribution in [2.45, 2.75) is 13.8 Å². The number of hydrogen-bond acceptors (Lipinski definition) is 3. The average molecular weight is 190 g/mol. The quantitative estimate of drug-likeness (QED) is 0.404. The maximum Gasteiger partial charge on any atom is 0.145 e. The molecule has 0 fully saturated rings. The Balaban J connectivity index is 3.35. The van der Waals surface area contributed by atoms with Gasteiger partial charge in [0.2, 0.25) is 0 Å². The molecule has 0 aliphatic carbocycles. The van der Waals surface area contributed by atoms with Crippen molar-refractivity contribution in [2.75, 3.05) is 26.2 Å². The van der Waals surface area contributed by atoms with Gasteiger partial charge in [-0.2, -0.15) is 0 Å². The van der Waals surface area contributed by atoms with Gasteiger partial charge in [-0.25, -0.2) is 0 Å². The van der Waals surface area contributed by atoms with E-state index in [0.717, 1.165) is 36.7 Å². The summed E-state index contributed by atoms with van der Waals surface area (Å²) >= 11 is 0. The molecular weight excluding hydrogens is 168 g/mol. The SMILES string of the molecule is CC(CNCCN)C(C)CO[SiH3]. The summed E-state index contributed by atoms with van der Waals surface area (Å²) in [4.78, 5) is 0. The van der Waals surface area contributed by atoms with E-state index in [2.05, 4.69) is 19.2 Å². The van der Waals surface area contributed by atoms with Crippen LogP contribution in [0.15, 0.2) is 0 Å². The van der Waals surface area contributed by atoms with Gasteiger partial charge in [0.05, 0.1) is 0 Å². The van der Waals surface area contributed by atoms with Crippen molar-refractivity contribution in [3.8, 4) is 0 Å². The molecule has 74 valence electrons. The summed E-state index contributed by atoms with van der Waals surface area (Å²) < 4.78 is 5.22. The van der Waals surface area contributed by atoms with Gasteiger partial charge in [-0.3, -0.25) is 0 Å². The first-order chi connectivity index (χ1) is 5.72. The second-order valence-corrected chi connectivity index (χ2v) is 3.98. The van der Waals surface area contributed by atoms with E-state index in [1.807, 2.05) is 0 Å². The first-order valence-corrected chi connectivity index (χ1v) is 5.43. The van der Waals surface area contributed by atoms with E-state index >= 15 is 0 Å². The maximum atomic E-state index is 5.37. The van der Waals surface area contributed by atoms with Crippen molar-refractivity contribution in [2.24, 2.45) is 17.6 Å². The van der Waals surface area contributed by atoms with Gasteiger partial charge in [0.15, 0.2) is 0 Å². The Kier molecular flexibility index (Phi) is 7.79. The maximum absolute atomic E-state index is 5.37. The third-order valence-electron chi connectivity index (χ3n) is 2.19. The van der Waals surface area contributed by atoms with Crippen molar-refractivity contribution < 1.29 is 4.43 Å². The number of hydrogen-bond donors (Lipinski definition) is 2. The van der Waals surface area contributed by atoms with Crippen LogP contribution < -0.4 is 11.1 Å². The average Bonchev–Trinajstić information content (AvgIpc) is 2.05. The first-order valence-electron chi connectivity index (χ1n) is 4.62. The van der Waals surface area contributed by atoms with Crippen molar-refractivity contribution in [1.82, 2.24) is 5.32 Å². The fraction of sp³-hybridized carbons (Fsp3) is 1.00. The van der Waals surface area contributed by atoms with E-state index in [4.69, 9.17) is 10.2 Å². The van der Waals surface area contributed by atoms with Gasteiger partial charge < -0.3 is 15.5 Å². The molecule has 0 aromatic heterocycles. The van der Waals surface area contributed by atoms with Crippen LogP contribution in [-0.4, -0.2) is 36.7 Å². The minimum absolute atomic E-state index is 0.646. The van der Waals surface area contributed by atoms with Gasteiger partial charge in [0, 0.05) is 19.7 Å². The molecule has 2 unspecified atom stereocenters. The van der Waals surface area contributed by atoms with Crippen LogP contribution in [0.1, 0.15) is 13.8 Å². The molecule has 0 saturated carbocycles. The van der Waals surface area contributed by atoms with Crippen molar-refractivity contribution in [3.05, 3.63) is 0 Å². The molecule has 0 aliphatic rings. The third-order valence-corrected chi connectivity index (χ3v) is 2.52. The summed E-state index contributed by atoms with van der Waals surface area (Å²) in [6.45, 7) is 8.06. The lowest BCUT2D eigenvalue weighted by Gasteiger charge is -2.19. The fourth-order valence-corrected chi connectivity index (χ4v) is 1.59. The topological polar surface area (TPSA) is 47.3 Å². The molecule has 0 rings (SSSR count). The molecule has 0 aromatic rings. The van der Waals surface area contributed by atoms with Crippen LogP contribution in [0, 0.1) is 11.8 Å². The van der Waals surface area contributed by atoms with E-state index in [1.54, 1.807) is 0 Å². The zero-order valence-electron chi connectivity index (χ0n) is 8.47. The van der Waals surface area contributed by atoms with Crippen LogP contribution in [0.3, 0.4) is 0 Å². The highest BCUT2D eigenvalue weighted by Crippen LogP contribution is 2.09. The number of nitrogens with one attached hydrogen (secondary N) is 1. The Labute approximate surface area is 78.6 Å². The van der Waals surface area contributed by atoms with Crippen LogP contribution in [0.2, 0.25) is 0 Å². The molecule has 3 nitrogen and oxygen atoms in total. The summed E-state index contributed by atoms with van der Waals surface area (Å²) in [5.41, 5.74) is 5.37. The number of nitrogens with two attached hydrogens (primary N) is 1. The summed E-state index contributed by atoms with van der Waals surface area (Å²) in [6.07, 6.45) is 0. The third kappa shape index (κ3) is 5.71. The van der Waals surface area contributed by atoms with Gasteiger partial charge in [-0.05, 0) is 18.4 Å². The van der Waals surface area contributed by atoms with Crippen LogP contribution in [0.25, 0.3) is 0 Å².